The highest BCUT2D eigenvalue weighted by atomic mass is 16.6. The fourth-order valence-electron chi connectivity index (χ4n) is 1.76. The molecule has 0 aromatic heterocycles. The SMILES string of the molecule is Cc1ccc2c(c1)COB2OCCCN. The Hall–Kier alpha value is -0.835. The van der Waals surface area contributed by atoms with E-state index in [4.69, 9.17) is 15.0 Å². The Morgan fingerprint density at radius 1 is 1.53 bits per heavy atom. The molecule has 0 fully saturated rings. The van der Waals surface area contributed by atoms with E-state index in [9.17, 15) is 0 Å². The van der Waals surface area contributed by atoms with Crippen LogP contribution < -0.4 is 11.2 Å². The van der Waals surface area contributed by atoms with E-state index in [-0.39, 0.29) is 7.12 Å². The van der Waals surface area contributed by atoms with Gasteiger partial charge in [-0.2, -0.15) is 0 Å². The molecule has 1 aliphatic heterocycles. The van der Waals surface area contributed by atoms with Gasteiger partial charge in [0.2, 0.25) is 0 Å². The van der Waals surface area contributed by atoms with Crippen LogP contribution in [-0.4, -0.2) is 20.3 Å². The zero-order chi connectivity index (χ0) is 10.7. The van der Waals surface area contributed by atoms with Gasteiger partial charge in [-0.25, -0.2) is 0 Å². The maximum absolute atomic E-state index is 5.61. The van der Waals surface area contributed by atoms with E-state index < -0.39 is 0 Å². The lowest BCUT2D eigenvalue weighted by atomic mass is 9.78. The maximum Gasteiger partial charge on any atom is 0.494 e. The second-order valence-electron chi connectivity index (χ2n) is 3.86. The van der Waals surface area contributed by atoms with Crippen LogP contribution in [0.5, 0.6) is 0 Å². The van der Waals surface area contributed by atoms with Crippen molar-refractivity contribution in [2.75, 3.05) is 13.2 Å². The van der Waals surface area contributed by atoms with E-state index >= 15 is 0 Å². The molecule has 4 heteroatoms. The molecule has 80 valence electrons. The van der Waals surface area contributed by atoms with Crippen LogP contribution in [0.4, 0.5) is 0 Å². The molecule has 0 unspecified atom stereocenters. The summed E-state index contributed by atoms with van der Waals surface area (Å²) in [5.41, 5.74) is 9.08. The van der Waals surface area contributed by atoms with Crippen LogP contribution in [0, 0.1) is 6.92 Å². The number of fused-ring (bicyclic) bond motifs is 1. The first kappa shape index (κ1) is 10.7. The molecule has 2 rings (SSSR count). The Morgan fingerprint density at radius 3 is 3.20 bits per heavy atom. The smallest absolute Gasteiger partial charge is 0.407 e. The average Bonchev–Trinajstić information content (AvgIpc) is 2.61. The minimum Gasteiger partial charge on any atom is -0.407 e. The Bertz CT molecular complexity index is 343. The molecule has 1 aromatic rings. The normalized spacial score (nSPS) is 14.4. The van der Waals surface area contributed by atoms with Crippen LogP contribution >= 0.6 is 0 Å². The van der Waals surface area contributed by atoms with Crippen molar-refractivity contribution in [3.63, 3.8) is 0 Å². The van der Waals surface area contributed by atoms with Crippen LogP contribution in [0.15, 0.2) is 18.2 Å². The largest absolute Gasteiger partial charge is 0.494 e. The number of benzene rings is 1. The van der Waals surface area contributed by atoms with Gasteiger partial charge in [0.05, 0.1) is 6.61 Å². The summed E-state index contributed by atoms with van der Waals surface area (Å²) in [4.78, 5) is 0. The topological polar surface area (TPSA) is 44.5 Å². The van der Waals surface area contributed by atoms with Gasteiger partial charge in [-0.15, -0.1) is 0 Å². The number of hydrogen-bond acceptors (Lipinski definition) is 3. The predicted octanol–water partition coefficient (Wildman–Crippen LogP) is 0.586. The first-order chi connectivity index (χ1) is 7.31. The summed E-state index contributed by atoms with van der Waals surface area (Å²) in [6.45, 7) is 4.06. The summed E-state index contributed by atoms with van der Waals surface area (Å²) < 4.78 is 11.2. The Labute approximate surface area is 90.7 Å². The fourth-order valence-corrected chi connectivity index (χ4v) is 1.76. The molecule has 0 radical (unpaired) electrons. The summed E-state index contributed by atoms with van der Waals surface area (Å²) in [6.07, 6.45) is 0.876. The number of rotatable bonds is 4. The molecule has 1 heterocycles. The highest BCUT2D eigenvalue weighted by Gasteiger charge is 2.30. The Kier molecular flexibility index (Phi) is 3.41. The third-order valence-electron chi connectivity index (χ3n) is 2.56. The minimum absolute atomic E-state index is 0.188. The van der Waals surface area contributed by atoms with Crippen LogP contribution in [0.1, 0.15) is 17.5 Å². The van der Waals surface area contributed by atoms with Gasteiger partial charge in [-0.05, 0) is 30.9 Å². The van der Waals surface area contributed by atoms with Crippen molar-refractivity contribution in [2.24, 2.45) is 5.73 Å². The van der Waals surface area contributed by atoms with Crippen LogP contribution in [0.2, 0.25) is 0 Å². The lowest BCUT2D eigenvalue weighted by molar-refractivity contribution is 0.210. The van der Waals surface area contributed by atoms with Gasteiger partial charge in [0.15, 0.2) is 0 Å². The molecule has 1 aromatic carbocycles. The van der Waals surface area contributed by atoms with Gasteiger partial charge < -0.3 is 15.0 Å². The molecule has 15 heavy (non-hydrogen) atoms. The molecule has 3 nitrogen and oxygen atoms in total. The molecule has 0 saturated carbocycles. The monoisotopic (exact) mass is 205 g/mol. The van der Waals surface area contributed by atoms with Crippen molar-refractivity contribution in [3.8, 4) is 0 Å². The van der Waals surface area contributed by atoms with Crippen LogP contribution in [0.3, 0.4) is 0 Å². The quantitative estimate of drug-likeness (QED) is 0.577. The molecule has 0 amide bonds. The Morgan fingerprint density at radius 2 is 2.40 bits per heavy atom. The van der Waals surface area contributed by atoms with Gasteiger partial charge in [0.1, 0.15) is 0 Å². The second kappa shape index (κ2) is 4.79. The van der Waals surface area contributed by atoms with Crippen molar-refractivity contribution in [2.45, 2.75) is 20.0 Å². The molecule has 0 aliphatic carbocycles. The van der Waals surface area contributed by atoms with Gasteiger partial charge >= 0.3 is 7.12 Å². The van der Waals surface area contributed by atoms with Gasteiger partial charge in [0.25, 0.3) is 0 Å². The van der Waals surface area contributed by atoms with Crippen molar-refractivity contribution in [1.82, 2.24) is 0 Å². The molecular weight excluding hydrogens is 189 g/mol. The first-order valence-electron chi connectivity index (χ1n) is 5.34. The molecule has 0 spiro atoms. The van der Waals surface area contributed by atoms with E-state index in [0.29, 0.717) is 19.8 Å². The van der Waals surface area contributed by atoms with E-state index in [1.807, 2.05) is 0 Å². The number of aryl methyl sites for hydroxylation is 1. The molecule has 2 N–H and O–H groups in total. The molecule has 0 atom stereocenters. The standard InChI is InChI=1S/C11H16BNO2/c1-9-3-4-11-10(7-9)8-15-12(11)14-6-2-5-13/h3-4,7H,2,5-6,8,13H2,1H3. The maximum atomic E-state index is 5.61. The highest BCUT2D eigenvalue weighted by molar-refractivity contribution is 6.62. The highest BCUT2D eigenvalue weighted by Crippen LogP contribution is 2.13. The van der Waals surface area contributed by atoms with Gasteiger partial charge in [0, 0.05) is 6.61 Å². The molecule has 1 aliphatic rings. The summed E-state index contributed by atoms with van der Waals surface area (Å²) in [6, 6.07) is 6.33. The van der Waals surface area contributed by atoms with Crippen LogP contribution in [-0.2, 0) is 15.9 Å². The zero-order valence-corrected chi connectivity index (χ0v) is 9.03. The van der Waals surface area contributed by atoms with E-state index in [1.54, 1.807) is 0 Å². The zero-order valence-electron chi connectivity index (χ0n) is 9.03. The number of hydrogen-bond donors (Lipinski definition) is 1. The van der Waals surface area contributed by atoms with E-state index in [0.717, 1.165) is 11.9 Å². The third-order valence-corrected chi connectivity index (χ3v) is 2.56. The predicted molar refractivity (Wildman–Crippen MR) is 61.0 cm³/mol. The average molecular weight is 205 g/mol. The Balaban J connectivity index is 2.02. The fraction of sp³-hybridized carbons (Fsp3) is 0.455. The molecule has 0 saturated heterocycles. The van der Waals surface area contributed by atoms with Crippen molar-refractivity contribution >= 4 is 12.6 Å². The van der Waals surface area contributed by atoms with Crippen molar-refractivity contribution < 1.29 is 9.31 Å². The number of nitrogens with two attached hydrogens (primary N) is 1. The minimum atomic E-state index is -0.188. The molecular formula is C11H16BNO2. The van der Waals surface area contributed by atoms with Crippen molar-refractivity contribution in [1.29, 1.82) is 0 Å². The lowest BCUT2D eigenvalue weighted by Crippen LogP contribution is -2.32. The second-order valence-corrected chi connectivity index (χ2v) is 3.86. The first-order valence-corrected chi connectivity index (χ1v) is 5.34. The summed E-state index contributed by atoms with van der Waals surface area (Å²) >= 11 is 0. The third kappa shape index (κ3) is 2.40. The summed E-state index contributed by atoms with van der Waals surface area (Å²) in [5.74, 6) is 0. The van der Waals surface area contributed by atoms with Gasteiger partial charge in [-0.1, -0.05) is 23.8 Å². The van der Waals surface area contributed by atoms with E-state index in [2.05, 4.69) is 25.1 Å². The van der Waals surface area contributed by atoms with Crippen LogP contribution in [0.25, 0.3) is 0 Å². The molecule has 0 bridgehead atoms. The van der Waals surface area contributed by atoms with E-state index in [1.165, 1.54) is 11.1 Å². The summed E-state index contributed by atoms with van der Waals surface area (Å²) in [7, 11) is -0.188. The van der Waals surface area contributed by atoms with Gasteiger partial charge in [-0.3, -0.25) is 0 Å². The summed E-state index contributed by atoms with van der Waals surface area (Å²) in [5, 5.41) is 0. The lowest BCUT2D eigenvalue weighted by Gasteiger charge is -2.07. The van der Waals surface area contributed by atoms with Crippen molar-refractivity contribution in [3.05, 3.63) is 29.3 Å².